The maximum Gasteiger partial charge on any atom is 0.0546 e. The summed E-state index contributed by atoms with van der Waals surface area (Å²) < 4.78 is 2.45. The number of benzene rings is 10. The fourth-order valence-electron chi connectivity index (χ4n) is 8.73. The molecule has 262 valence electrons. The van der Waals surface area contributed by atoms with Gasteiger partial charge in [0.2, 0.25) is 0 Å². The number of fused-ring (bicyclic) bond motifs is 8. The van der Waals surface area contributed by atoms with Crippen molar-refractivity contribution >= 4 is 71.2 Å². The van der Waals surface area contributed by atoms with Gasteiger partial charge in [-0.1, -0.05) is 164 Å². The van der Waals surface area contributed by atoms with E-state index in [1.54, 1.807) is 0 Å². The summed E-state index contributed by atoms with van der Waals surface area (Å²) in [6.07, 6.45) is 0. The van der Waals surface area contributed by atoms with E-state index in [4.69, 9.17) is 0 Å². The summed E-state index contributed by atoms with van der Waals surface area (Å²) in [7, 11) is 0. The third kappa shape index (κ3) is 5.26. The monoisotopic (exact) mass is 712 g/mol. The smallest absolute Gasteiger partial charge is 0.0546 e. The molecule has 0 fully saturated rings. The topological polar surface area (TPSA) is 8.17 Å². The van der Waals surface area contributed by atoms with Crippen LogP contribution in [0.4, 0.5) is 17.1 Å². The molecule has 2 heteroatoms. The maximum atomic E-state index is 2.45. The van der Waals surface area contributed by atoms with Gasteiger partial charge in [-0.15, -0.1) is 0 Å². The van der Waals surface area contributed by atoms with Crippen molar-refractivity contribution < 1.29 is 0 Å². The molecule has 0 aliphatic rings. The predicted molar refractivity (Wildman–Crippen MR) is 239 cm³/mol. The normalized spacial score (nSPS) is 11.6. The van der Waals surface area contributed by atoms with Crippen molar-refractivity contribution in [2.45, 2.75) is 0 Å². The van der Waals surface area contributed by atoms with Gasteiger partial charge in [-0.05, 0) is 104 Å². The zero-order valence-corrected chi connectivity index (χ0v) is 30.7. The van der Waals surface area contributed by atoms with Crippen LogP contribution >= 0.6 is 0 Å². The minimum Gasteiger partial charge on any atom is -0.310 e. The molecule has 1 aromatic heterocycles. The van der Waals surface area contributed by atoms with E-state index in [0.29, 0.717) is 0 Å². The van der Waals surface area contributed by atoms with Crippen LogP contribution in [0.5, 0.6) is 0 Å². The number of para-hydroxylation sites is 3. The van der Waals surface area contributed by atoms with Gasteiger partial charge in [0.1, 0.15) is 0 Å². The summed E-state index contributed by atoms with van der Waals surface area (Å²) in [6.45, 7) is 0. The van der Waals surface area contributed by atoms with E-state index in [0.717, 1.165) is 28.3 Å². The summed E-state index contributed by atoms with van der Waals surface area (Å²) in [6, 6.07) is 79.6. The fraction of sp³-hybridized carbons (Fsp3) is 0. The van der Waals surface area contributed by atoms with E-state index in [1.807, 2.05) is 0 Å². The average molecular weight is 713 g/mol. The molecule has 0 spiro atoms. The summed E-state index contributed by atoms with van der Waals surface area (Å²) in [5, 5.41) is 10.1. The standard InChI is InChI=1S/C54H36N2/c1-3-14-37(15-4-1)40-29-31-46(54(35-40)56-52-24-11-9-22-49(52)50-23-10-12-25-53(50)56)41-17-13-20-43(34-41)55(42-18-5-2-6-19-42)44-30-26-39-28-32-47-45-21-8-7-16-38(45)27-33-48(47)51(39)36-44/h1-36H. The Morgan fingerprint density at radius 1 is 0.286 bits per heavy atom. The van der Waals surface area contributed by atoms with Gasteiger partial charge in [0.25, 0.3) is 0 Å². The van der Waals surface area contributed by atoms with Crippen LogP contribution in [0.3, 0.4) is 0 Å². The number of hydrogen-bond acceptors (Lipinski definition) is 1. The van der Waals surface area contributed by atoms with E-state index >= 15 is 0 Å². The number of rotatable bonds is 6. The van der Waals surface area contributed by atoms with E-state index in [2.05, 4.69) is 228 Å². The van der Waals surface area contributed by atoms with Crippen LogP contribution in [0.25, 0.3) is 82.1 Å². The third-order valence-electron chi connectivity index (χ3n) is 11.3. The van der Waals surface area contributed by atoms with Crippen LogP contribution in [0.2, 0.25) is 0 Å². The summed E-state index contributed by atoms with van der Waals surface area (Å²) in [4.78, 5) is 2.39. The van der Waals surface area contributed by atoms with Gasteiger partial charge in [0.15, 0.2) is 0 Å². The highest BCUT2D eigenvalue weighted by atomic mass is 15.1. The van der Waals surface area contributed by atoms with Crippen molar-refractivity contribution in [2.75, 3.05) is 4.90 Å². The first-order valence-corrected chi connectivity index (χ1v) is 19.3. The molecule has 0 atom stereocenters. The lowest BCUT2D eigenvalue weighted by atomic mass is 9.96. The second kappa shape index (κ2) is 13.2. The molecule has 2 nitrogen and oxygen atoms in total. The fourth-order valence-corrected chi connectivity index (χ4v) is 8.73. The van der Waals surface area contributed by atoms with Crippen LogP contribution in [0.1, 0.15) is 0 Å². The second-order valence-electron chi connectivity index (χ2n) is 14.5. The number of anilines is 3. The largest absolute Gasteiger partial charge is 0.310 e. The lowest BCUT2D eigenvalue weighted by molar-refractivity contribution is 1.18. The van der Waals surface area contributed by atoms with Crippen molar-refractivity contribution in [3.8, 4) is 27.9 Å². The zero-order chi connectivity index (χ0) is 37.0. The van der Waals surface area contributed by atoms with Crippen LogP contribution < -0.4 is 4.90 Å². The highest BCUT2D eigenvalue weighted by Gasteiger charge is 2.19. The predicted octanol–water partition coefficient (Wildman–Crippen LogP) is 15.0. The molecule has 56 heavy (non-hydrogen) atoms. The second-order valence-corrected chi connectivity index (χ2v) is 14.5. The van der Waals surface area contributed by atoms with Gasteiger partial charge < -0.3 is 9.47 Å². The van der Waals surface area contributed by atoms with E-state index in [1.165, 1.54) is 70.8 Å². The van der Waals surface area contributed by atoms with E-state index in [-0.39, 0.29) is 0 Å². The Kier molecular flexibility index (Phi) is 7.53. The van der Waals surface area contributed by atoms with Gasteiger partial charge >= 0.3 is 0 Å². The average Bonchev–Trinajstić information content (AvgIpc) is 3.61. The van der Waals surface area contributed by atoms with Crippen molar-refractivity contribution in [3.05, 3.63) is 218 Å². The Labute approximate surface area is 325 Å². The van der Waals surface area contributed by atoms with Crippen LogP contribution in [-0.2, 0) is 0 Å². The van der Waals surface area contributed by atoms with Gasteiger partial charge in [-0.25, -0.2) is 0 Å². The number of hydrogen-bond donors (Lipinski definition) is 0. The van der Waals surface area contributed by atoms with Gasteiger partial charge in [-0.3, -0.25) is 0 Å². The molecule has 11 aromatic rings. The Hall–Kier alpha value is -7.42. The molecule has 0 saturated carbocycles. The van der Waals surface area contributed by atoms with Crippen molar-refractivity contribution in [1.82, 2.24) is 4.57 Å². The molecular formula is C54H36N2. The van der Waals surface area contributed by atoms with E-state index < -0.39 is 0 Å². The summed E-state index contributed by atoms with van der Waals surface area (Å²) >= 11 is 0. The van der Waals surface area contributed by atoms with Crippen molar-refractivity contribution in [3.63, 3.8) is 0 Å². The lowest BCUT2D eigenvalue weighted by Gasteiger charge is -2.27. The number of aromatic nitrogens is 1. The Balaban J connectivity index is 1.12. The molecule has 0 aliphatic heterocycles. The highest BCUT2D eigenvalue weighted by molar-refractivity contribution is 6.18. The highest BCUT2D eigenvalue weighted by Crippen LogP contribution is 2.42. The third-order valence-corrected chi connectivity index (χ3v) is 11.3. The molecule has 0 saturated heterocycles. The Morgan fingerprint density at radius 3 is 1.59 bits per heavy atom. The van der Waals surface area contributed by atoms with Crippen molar-refractivity contribution in [1.29, 1.82) is 0 Å². The number of nitrogens with zero attached hydrogens (tertiary/aromatic N) is 2. The molecular weight excluding hydrogens is 677 g/mol. The van der Waals surface area contributed by atoms with Crippen LogP contribution in [0.15, 0.2) is 218 Å². The van der Waals surface area contributed by atoms with Crippen LogP contribution in [-0.4, -0.2) is 4.57 Å². The molecule has 10 aromatic carbocycles. The molecule has 0 aliphatic carbocycles. The first-order valence-electron chi connectivity index (χ1n) is 19.3. The zero-order valence-electron chi connectivity index (χ0n) is 30.7. The molecule has 0 N–H and O–H groups in total. The molecule has 0 radical (unpaired) electrons. The summed E-state index contributed by atoms with van der Waals surface area (Å²) in [5.74, 6) is 0. The van der Waals surface area contributed by atoms with Gasteiger partial charge in [0.05, 0.1) is 16.7 Å². The minimum absolute atomic E-state index is 1.10. The van der Waals surface area contributed by atoms with Crippen LogP contribution in [0, 0.1) is 0 Å². The summed E-state index contributed by atoms with van der Waals surface area (Å²) in [5.41, 5.74) is 11.6. The molecule has 0 bridgehead atoms. The first-order chi connectivity index (χ1) is 27.8. The Morgan fingerprint density at radius 2 is 0.839 bits per heavy atom. The lowest BCUT2D eigenvalue weighted by Crippen LogP contribution is -2.10. The Bertz CT molecular complexity index is 3200. The molecule has 1 heterocycles. The quantitative estimate of drug-likeness (QED) is 0.156. The molecule has 0 unspecified atom stereocenters. The molecule has 0 amide bonds. The minimum atomic E-state index is 1.10. The maximum absolute atomic E-state index is 2.45. The molecule has 11 rings (SSSR count). The first kappa shape index (κ1) is 32.0. The van der Waals surface area contributed by atoms with E-state index in [9.17, 15) is 0 Å². The van der Waals surface area contributed by atoms with Crippen molar-refractivity contribution in [2.24, 2.45) is 0 Å². The SMILES string of the molecule is c1ccc(-c2ccc(-c3cccc(N(c4ccccc4)c4ccc5ccc6c7ccccc7ccc6c5c4)c3)c(-n3c4ccccc4c4ccccc43)c2)cc1. The van der Waals surface area contributed by atoms with Gasteiger partial charge in [-0.2, -0.15) is 0 Å². The van der Waals surface area contributed by atoms with Gasteiger partial charge in [0, 0.05) is 33.4 Å².